The van der Waals surface area contributed by atoms with Crippen molar-refractivity contribution in [3.8, 4) is 0 Å². The van der Waals surface area contributed by atoms with Gasteiger partial charge in [0.05, 0.1) is 23.9 Å². The number of benzene rings is 2. The molecule has 2 atom stereocenters. The Kier molecular flexibility index (Phi) is 4.32. The van der Waals surface area contributed by atoms with Crippen molar-refractivity contribution >= 4 is 21.6 Å². The molecule has 0 aliphatic heterocycles. The predicted octanol–water partition coefficient (Wildman–Crippen LogP) is 2.58. The molecule has 2 aromatic carbocycles. The molecule has 0 radical (unpaired) electrons. The van der Waals surface area contributed by atoms with E-state index in [-0.39, 0.29) is 17.9 Å². The van der Waals surface area contributed by atoms with Gasteiger partial charge in [-0.2, -0.15) is 0 Å². The third-order valence-corrected chi connectivity index (χ3v) is 4.84. The Morgan fingerprint density at radius 3 is 2.50 bits per heavy atom. The predicted molar refractivity (Wildman–Crippen MR) is 94.4 cm³/mol. The number of hydrogen-bond donors (Lipinski definition) is 2. The van der Waals surface area contributed by atoms with E-state index in [1.165, 1.54) is 5.56 Å². The lowest BCUT2D eigenvalue weighted by Gasteiger charge is -2.30. The highest BCUT2D eigenvalue weighted by atomic mass is 32.2. The van der Waals surface area contributed by atoms with Gasteiger partial charge in [0.1, 0.15) is 0 Å². The molecule has 0 spiro atoms. The molecule has 1 amide bonds. The van der Waals surface area contributed by atoms with Gasteiger partial charge >= 0.3 is 0 Å². The summed E-state index contributed by atoms with van der Waals surface area (Å²) in [6.07, 6.45) is 1.86. The number of rotatable bonds is 5. The highest BCUT2D eigenvalue weighted by Gasteiger charge is 2.32. The second-order valence-electron chi connectivity index (χ2n) is 6.15. The van der Waals surface area contributed by atoms with Crippen molar-refractivity contribution < 1.29 is 13.2 Å². The van der Waals surface area contributed by atoms with Crippen molar-refractivity contribution in [1.29, 1.82) is 0 Å². The normalized spacial score (nSPS) is 17.3. The van der Waals surface area contributed by atoms with Crippen LogP contribution < -0.4 is 10.0 Å². The quantitative estimate of drug-likeness (QED) is 0.875. The molecule has 0 saturated carbocycles. The van der Waals surface area contributed by atoms with Gasteiger partial charge in [0, 0.05) is 0 Å². The van der Waals surface area contributed by atoms with E-state index in [0.29, 0.717) is 5.69 Å². The maximum Gasteiger partial charge on any atom is 0.229 e. The SMILES string of the molecule is C[C@@H](NC(=O)[C@@H]1Cc2ccccc21)c1ccccc1NS(C)(=O)=O. The standard InChI is InChI=1S/C18H20N2O3S/c1-12(14-8-5-6-10-17(14)20-24(2,22)23)19-18(21)16-11-13-7-3-4-9-15(13)16/h3-10,12,16,20H,11H2,1-2H3,(H,19,21)/t12-,16-/m1/s1. The summed E-state index contributed by atoms with van der Waals surface area (Å²) in [4.78, 5) is 12.5. The molecule has 6 heteroatoms. The molecule has 0 heterocycles. The molecule has 3 rings (SSSR count). The molecular weight excluding hydrogens is 324 g/mol. The van der Waals surface area contributed by atoms with Crippen LogP contribution in [0.4, 0.5) is 5.69 Å². The van der Waals surface area contributed by atoms with Gasteiger partial charge in [0.15, 0.2) is 0 Å². The van der Waals surface area contributed by atoms with Crippen LogP contribution in [0.1, 0.15) is 35.6 Å². The molecule has 5 nitrogen and oxygen atoms in total. The number of carbonyl (C=O) groups excluding carboxylic acids is 1. The highest BCUT2D eigenvalue weighted by molar-refractivity contribution is 7.92. The first-order valence-corrected chi connectivity index (χ1v) is 9.69. The first-order chi connectivity index (χ1) is 11.3. The molecule has 2 N–H and O–H groups in total. The number of hydrogen-bond acceptors (Lipinski definition) is 3. The van der Waals surface area contributed by atoms with E-state index >= 15 is 0 Å². The van der Waals surface area contributed by atoms with E-state index in [1.807, 2.05) is 43.3 Å². The Balaban J connectivity index is 1.74. The molecule has 126 valence electrons. The minimum atomic E-state index is -3.37. The minimum absolute atomic E-state index is 0.0321. The van der Waals surface area contributed by atoms with Crippen molar-refractivity contribution in [2.45, 2.75) is 25.3 Å². The number of carbonyl (C=O) groups is 1. The largest absolute Gasteiger partial charge is 0.349 e. The summed E-state index contributed by atoms with van der Waals surface area (Å²) in [5.74, 6) is -0.158. The Bertz CT molecular complexity index is 877. The van der Waals surface area contributed by atoms with Crippen LogP contribution in [0.15, 0.2) is 48.5 Å². The summed E-state index contributed by atoms with van der Waals surface area (Å²) < 4.78 is 25.5. The molecule has 1 aliphatic rings. The zero-order chi connectivity index (χ0) is 17.3. The van der Waals surface area contributed by atoms with Gasteiger partial charge in [-0.3, -0.25) is 9.52 Å². The van der Waals surface area contributed by atoms with Crippen molar-refractivity contribution in [3.05, 3.63) is 65.2 Å². The van der Waals surface area contributed by atoms with Crippen LogP contribution in [0, 0.1) is 0 Å². The molecule has 0 saturated heterocycles. The summed E-state index contributed by atoms with van der Waals surface area (Å²) in [7, 11) is -3.37. The number of anilines is 1. The van der Waals surface area contributed by atoms with Crippen molar-refractivity contribution in [2.24, 2.45) is 0 Å². The molecule has 0 fully saturated rings. The summed E-state index contributed by atoms with van der Waals surface area (Å²) in [6, 6.07) is 14.7. The van der Waals surface area contributed by atoms with Crippen LogP contribution in [0.5, 0.6) is 0 Å². The second-order valence-corrected chi connectivity index (χ2v) is 7.90. The second kappa shape index (κ2) is 6.28. The van der Waals surface area contributed by atoms with Gasteiger partial charge < -0.3 is 5.32 Å². The average molecular weight is 344 g/mol. The fraction of sp³-hybridized carbons (Fsp3) is 0.278. The number of para-hydroxylation sites is 1. The van der Waals surface area contributed by atoms with E-state index in [4.69, 9.17) is 0 Å². The van der Waals surface area contributed by atoms with E-state index in [0.717, 1.165) is 23.8 Å². The van der Waals surface area contributed by atoms with Crippen LogP contribution in [0.2, 0.25) is 0 Å². The molecule has 2 aromatic rings. The van der Waals surface area contributed by atoms with Gasteiger partial charge in [0.2, 0.25) is 15.9 Å². The van der Waals surface area contributed by atoms with E-state index in [2.05, 4.69) is 10.0 Å². The van der Waals surface area contributed by atoms with Crippen LogP contribution in [0.3, 0.4) is 0 Å². The molecule has 0 bridgehead atoms. The first-order valence-electron chi connectivity index (χ1n) is 7.80. The maximum atomic E-state index is 12.5. The summed E-state index contributed by atoms with van der Waals surface area (Å²) in [6.45, 7) is 1.85. The number of sulfonamides is 1. The van der Waals surface area contributed by atoms with Gasteiger partial charge in [-0.25, -0.2) is 8.42 Å². The van der Waals surface area contributed by atoms with E-state index in [9.17, 15) is 13.2 Å². The molecule has 0 aromatic heterocycles. The third kappa shape index (κ3) is 3.43. The molecule has 1 aliphatic carbocycles. The first kappa shape index (κ1) is 16.5. The molecular formula is C18H20N2O3S. The highest BCUT2D eigenvalue weighted by Crippen LogP contribution is 2.35. The number of fused-ring (bicyclic) bond motifs is 1. The molecule has 24 heavy (non-hydrogen) atoms. The third-order valence-electron chi connectivity index (χ3n) is 4.25. The van der Waals surface area contributed by atoms with Crippen molar-refractivity contribution in [1.82, 2.24) is 5.32 Å². The summed E-state index contributed by atoms with van der Waals surface area (Å²) in [5.41, 5.74) is 3.51. The Morgan fingerprint density at radius 1 is 1.12 bits per heavy atom. The van der Waals surface area contributed by atoms with Crippen LogP contribution in [-0.4, -0.2) is 20.6 Å². The van der Waals surface area contributed by atoms with E-state index in [1.54, 1.807) is 12.1 Å². The summed E-state index contributed by atoms with van der Waals surface area (Å²) >= 11 is 0. The minimum Gasteiger partial charge on any atom is -0.349 e. The van der Waals surface area contributed by atoms with Crippen molar-refractivity contribution in [3.63, 3.8) is 0 Å². The Hall–Kier alpha value is -2.34. The van der Waals surface area contributed by atoms with Gasteiger partial charge in [-0.15, -0.1) is 0 Å². The fourth-order valence-corrected chi connectivity index (χ4v) is 3.64. The monoisotopic (exact) mass is 344 g/mol. The number of nitrogens with one attached hydrogen (secondary N) is 2. The lowest BCUT2D eigenvalue weighted by atomic mass is 9.77. The lowest BCUT2D eigenvalue weighted by Crippen LogP contribution is -2.37. The maximum absolute atomic E-state index is 12.5. The van der Waals surface area contributed by atoms with Crippen LogP contribution in [-0.2, 0) is 21.2 Å². The van der Waals surface area contributed by atoms with Gasteiger partial charge in [-0.1, -0.05) is 42.5 Å². The fourth-order valence-electron chi connectivity index (χ4n) is 3.05. The van der Waals surface area contributed by atoms with Gasteiger partial charge in [-0.05, 0) is 36.1 Å². The Morgan fingerprint density at radius 2 is 1.79 bits per heavy atom. The zero-order valence-corrected chi connectivity index (χ0v) is 14.4. The zero-order valence-electron chi connectivity index (χ0n) is 13.6. The summed E-state index contributed by atoms with van der Waals surface area (Å²) in [5, 5.41) is 2.99. The van der Waals surface area contributed by atoms with Gasteiger partial charge in [0.25, 0.3) is 0 Å². The average Bonchev–Trinajstić information content (AvgIpc) is 2.47. The topological polar surface area (TPSA) is 75.3 Å². The van der Waals surface area contributed by atoms with E-state index < -0.39 is 10.0 Å². The van der Waals surface area contributed by atoms with Crippen molar-refractivity contribution in [2.75, 3.05) is 11.0 Å². The van der Waals surface area contributed by atoms with Crippen LogP contribution >= 0.6 is 0 Å². The Labute approximate surface area is 142 Å². The molecule has 0 unspecified atom stereocenters. The number of amides is 1. The smallest absolute Gasteiger partial charge is 0.229 e. The lowest BCUT2D eigenvalue weighted by molar-refractivity contribution is -0.123. The van der Waals surface area contributed by atoms with Crippen LogP contribution in [0.25, 0.3) is 0 Å².